The number of hydrogen-bond acceptors (Lipinski definition) is 5. The van der Waals surface area contributed by atoms with E-state index < -0.39 is 5.97 Å². The molecule has 0 fully saturated rings. The lowest BCUT2D eigenvalue weighted by Crippen LogP contribution is -2.24. The van der Waals surface area contributed by atoms with Crippen molar-refractivity contribution in [3.63, 3.8) is 0 Å². The lowest BCUT2D eigenvalue weighted by molar-refractivity contribution is -0.136. The minimum absolute atomic E-state index is 0.249. The molecule has 1 aliphatic rings. The molecule has 27 heavy (non-hydrogen) atoms. The van der Waals surface area contributed by atoms with Crippen LogP contribution in [-0.2, 0) is 20.9 Å². The van der Waals surface area contributed by atoms with Gasteiger partial charge in [0.05, 0.1) is 31.1 Å². The summed E-state index contributed by atoms with van der Waals surface area (Å²) >= 11 is 0. The number of furan rings is 1. The molecule has 0 aliphatic carbocycles. The number of nitrogens with zero attached hydrogens (tertiary/aromatic N) is 2. The van der Waals surface area contributed by atoms with E-state index in [1.54, 1.807) is 31.4 Å². The van der Waals surface area contributed by atoms with Gasteiger partial charge in [0.25, 0.3) is 5.91 Å². The monoisotopic (exact) mass is 366 g/mol. The van der Waals surface area contributed by atoms with Gasteiger partial charge in [-0.1, -0.05) is 12.1 Å². The smallest absolute Gasteiger partial charge is 0.340 e. The van der Waals surface area contributed by atoms with Gasteiger partial charge in [-0.05, 0) is 42.8 Å². The summed E-state index contributed by atoms with van der Waals surface area (Å²) in [4.78, 5) is 28.9. The number of hydrogen-bond donors (Lipinski definition) is 0. The molecule has 0 saturated carbocycles. The number of ether oxygens (including phenoxy) is 1. The zero-order chi connectivity index (χ0) is 19.6. The van der Waals surface area contributed by atoms with E-state index in [9.17, 15) is 9.59 Å². The second kappa shape index (κ2) is 7.53. The van der Waals surface area contributed by atoms with Crippen LogP contribution in [0.3, 0.4) is 0 Å². The van der Waals surface area contributed by atoms with Crippen LogP contribution in [0.2, 0.25) is 0 Å². The third kappa shape index (κ3) is 3.65. The maximum absolute atomic E-state index is 13.0. The van der Waals surface area contributed by atoms with Crippen molar-refractivity contribution in [1.82, 2.24) is 4.90 Å². The lowest BCUT2D eigenvalue weighted by Gasteiger charge is -2.16. The number of carbonyl (C=O) groups is 2. The molecule has 6 nitrogen and oxygen atoms in total. The normalized spacial score (nSPS) is 15.6. The van der Waals surface area contributed by atoms with Crippen LogP contribution in [0.5, 0.6) is 0 Å². The van der Waals surface area contributed by atoms with Crippen molar-refractivity contribution < 1.29 is 18.7 Å². The standard InChI is InChI=1S/C21H22N2O4/c1-14-19(21(25)26-4)18(12-15-7-9-16(10-8-15)22(2)3)20(24)23(14)13-17-6-5-11-27-17/h5-12H,13H2,1-4H3. The number of esters is 1. The van der Waals surface area contributed by atoms with Crippen molar-refractivity contribution in [2.45, 2.75) is 13.5 Å². The molecular weight excluding hydrogens is 344 g/mol. The van der Waals surface area contributed by atoms with Gasteiger partial charge in [0, 0.05) is 25.5 Å². The first kappa shape index (κ1) is 18.5. The molecular formula is C21H22N2O4. The van der Waals surface area contributed by atoms with Gasteiger partial charge >= 0.3 is 5.97 Å². The number of anilines is 1. The fourth-order valence-corrected chi connectivity index (χ4v) is 3.01. The molecule has 140 valence electrons. The second-order valence-corrected chi connectivity index (χ2v) is 6.47. The summed E-state index contributed by atoms with van der Waals surface area (Å²) in [5, 5.41) is 0. The Morgan fingerprint density at radius 1 is 1.22 bits per heavy atom. The van der Waals surface area contributed by atoms with E-state index in [4.69, 9.17) is 9.15 Å². The Morgan fingerprint density at radius 3 is 2.48 bits per heavy atom. The van der Waals surface area contributed by atoms with Gasteiger partial charge in [-0.2, -0.15) is 0 Å². The average molecular weight is 366 g/mol. The first-order valence-corrected chi connectivity index (χ1v) is 8.55. The van der Waals surface area contributed by atoms with Crippen LogP contribution in [0.4, 0.5) is 5.69 Å². The Hall–Kier alpha value is -3.28. The summed E-state index contributed by atoms with van der Waals surface area (Å²) < 4.78 is 10.3. The fraction of sp³-hybridized carbons (Fsp3) is 0.238. The van der Waals surface area contributed by atoms with Crippen molar-refractivity contribution in [1.29, 1.82) is 0 Å². The van der Waals surface area contributed by atoms with E-state index in [1.165, 1.54) is 12.0 Å². The largest absolute Gasteiger partial charge is 0.467 e. The molecule has 0 unspecified atom stereocenters. The Labute approximate surface area is 158 Å². The van der Waals surface area contributed by atoms with Gasteiger partial charge in [0.2, 0.25) is 0 Å². The van der Waals surface area contributed by atoms with E-state index in [0.717, 1.165) is 11.3 Å². The molecule has 0 atom stereocenters. The number of benzene rings is 1. The van der Waals surface area contributed by atoms with Crippen molar-refractivity contribution in [2.24, 2.45) is 0 Å². The summed E-state index contributed by atoms with van der Waals surface area (Å²) in [5.74, 6) is -0.136. The van der Waals surface area contributed by atoms with E-state index in [-0.39, 0.29) is 18.0 Å². The molecule has 1 aromatic carbocycles. The summed E-state index contributed by atoms with van der Waals surface area (Å²) in [5.41, 5.74) is 3.04. The summed E-state index contributed by atoms with van der Waals surface area (Å²) in [6.07, 6.45) is 3.28. The topological polar surface area (TPSA) is 63.0 Å². The van der Waals surface area contributed by atoms with Gasteiger partial charge in [-0.15, -0.1) is 0 Å². The van der Waals surface area contributed by atoms with Crippen LogP contribution in [0.15, 0.2) is 63.9 Å². The van der Waals surface area contributed by atoms with Gasteiger partial charge in [-0.3, -0.25) is 4.79 Å². The lowest BCUT2D eigenvalue weighted by atomic mass is 10.0. The van der Waals surface area contributed by atoms with E-state index in [1.807, 2.05) is 43.3 Å². The van der Waals surface area contributed by atoms with Crippen LogP contribution in [0, 0.1) is 0 Å². The minimum atomic E-state index is -0.529. The molecule has 0 radical (unpaired) electrons. The number of carbonyl (C=O) groups excluding carboxylic acids is 2. The Balaban J connectivity index is 1.99. The molecule has 0 spiro atoms. The molecule has 2 heterocycles. The van der Waals surface area contributed by atoms with Gasteiger partial charge in [0.1, 0.15) is 5.76 Å². The van der Waals surface area contributed by atoms with Crippen LogP contribution in [0.25, 0.3) is 6.08 Å². The highest BCUT2D eigenvalue weighted by Crippen LogP contribution is 2.33. The maximum Gasteiger partial charge on any atom is 0.340 e. The molecule has 0 N–H and O–H groups in total. The third-order valence-electron chi connectivity index (χ3n) is 4.52. The Bertz CT molecular complexity index is 906. The van der Waals surface area contributed by atoms with Crippen LogP contribution >= 0.6 is 0 Å². The first-order chi connectivity index (χ1) is 12.9. The quantitative estimate of drug-likeness (QED) is 0.601. The number of rotatable bonds is 5. The second-order valence-electron chi connectivity index (χ2n) is 6.47. The predicted molar refractivity (Wildman–Crippen MR) is 103 cm³/mol. The molecule has 1 aromatic heterocycles. The average Bonchev–Trinajstić information content (AvgIpc) is 3.25. The van der Waals surface area contributed by atoms with Crippen LogP contribution in [0.1, 0.15) is 18.2 Å². The highest BCUT2D eigenvalue weighted by molar-refractivity contribution is 6.16. The highest BCUT2D eigenvalue weighted by Gasteiger charge is 2.37. The molecule has 0 bridgehead atoms. The van der Waals surface area contributed by atoms with Crippen LogP contribution < -0.4 is 4.90 Å². The van der Waals surface area contributed by atoms with Crippen molar-refractivity contribution >= 4 is 23.6 Å². The molecule has 1 aliphatic heterocycles. The van der Waals surface area contributed by atoms with Gasteiger partial charge in [0.15, 0.2) is 0 Å². The molecule has 0 saturated heterocycles. The summed E-state index contributed by atoms with van der Waals surface area (Å²) in [6, 6.07) is 11.3. The minimum Gasteiger partial charge on any atom is -0.467 e. The van der Waals surface area contributed by atoms with Gasteiger partial charge < -0.3 is 19.0 Å². The zero-order valence-corrected chi connectivity index (χ0v) is 15.9. The van der Waals surface area contributed by atoms with Crippen LogP contribution in [-0.4, -0.2) is 38.0 Å². The van der Waals surface area contributed by atoms with Crippen molar-refractivity contribution in [3.8, 4) is 0 Å². The first-order valence-electron chi connectivity index (χ1n) is 8.55. The van der Waals surface area contributed by atoms with E-state index in [2.05, 4.69) is 0 Å². The highest BCUT2D eigenvalue weighted by atomic mass is 16.5. The molecule has 1 amide bonds. The summed E-state index contributed by atoms with van der Waals surface area (Å²) in [6.45, 7) is 2.00. The van der Waals surface area contributed by atoms with E-state index >= 15 is 0 Å². The van der Waals surface area contributed by atoms with Crippen molar-refractivity contribution in [3.05, 3.63) is 70.8 Å². The maximum atomic E-state index is 13.0. The fourth-order valence-electron chi connectivity index (χ4n) is 3.01. The molecule has 2 aromatic rings. The predicted octanol–water partition coefficient (Wildman–Crippen LogP) is 3.22. The molecule has 3 rings (SSSR count). The number of methoxy groups -OCH3 is 1. The molecule has 6 heteroatoms. The number of allylic oxidation sites excluding steroid dienone is 1. The number of amides is 1. The Morgan fingerprint density at radius 2 is 1.93 bits per heavy atom. The van der Waals surface area contributed by atoms with E-state index in [0.29, 0.717) is 17.0 Å². The summed E-state index contributed by atoms with van der Waals surface area (Å²) in [7, 11) is 5.23. The Kier molecular flexibility index (Phi) is 5.16. The van der Waals surface area contributed by atoms with Crippen molar-refractivity contribution in [2.75, 3.05) is 26.1 Å². The zero-order valence-electron chi connectivity index (χ0n) is 15.9. The third-order valence-corrected chi connectivity index (χ3v) is 4.52. The van der Waals surface area contributed by atoms with Gasteiger partial charge in [-0.25, -0.2) is 4.79 Å². The SMILES string of the molecule is COC(=O)C1=C(C)N(Cc2ccco2)C(=O)C1=Cc1ccc(N(C)C)cc1.